The fraction of sp³-hybridized carbons (Fsp3) is 0. The van der Waals surface area contributed by atoms with Gasteiger partial charge in [0.1, 0.15) is 16.8 Å². The van der Waals surface area contributed by atoms with Crippen LogP contribution in [0, 0.1) is 5.82 Å². The van der Waals surface area contributed by atoms with Crippen molar-refractivity contribution in [1.82, 2.24) is 15.0 Å². The van der Waals surface area contributed by atoms with Crippen LogP contribution >= 0.6 is 39.1 Å². The van der Waals surface area contributed by atoms with E-state index in [0.717, 1.165) is 0 Å². The van der Waals surface area contributed by atoms with Gasteiger partial charge in [-0.05, 0) is 24.3 Å². The molecular formula is C12H5BrCl2FN3. The minimum Gasteiger partial charge on any atom is -0.336 e. The highest BCUT2D eigenvalue weighted by atomic mass is 79.9. The van der Waals surface area contributed by atoms with Crippen LogP contribution in [-0.4, -0.2) is 15.0 Å². The van der Waals surface area contributed by atoms with Gasteiger partial charge >= 0.3 is 0 Å². The third-order valence-electron chi connectivity index (χ3n) is 2.57. The second kappa shape index (κ2) is 4.74. The van der Waals surface area contributed by atoms with Gasteiger partial charge < -0.3 is 4.98 Å². The molecule has 0 atom stereocenters. The van der Waals surface area contributed by atoms with E-state index in [1.54, 1.807) is 18.2 Å². The monoisotopic (exact) mass is 359 g/mol. The maximum atomic E-state index is 13.9. The van der Waals surface area contributed by atoms with E-state index in [1.165, 1.54) is 6.07 Å². The Hall–Kier alpha value is -1.17. The number of aromatic nitrogens is 3. The van der Waals surface area contributed by atoms with E-state index in [0.29, 0.717) is 32.0 Å². The van der Waals surface area contributed by atoms with Crippen molar-refractivity contribution in [2.75, 3.05) is 0 Å². The Morgan fingerprint density at radius 3 is 2.68 bits per heavy atom. The van der Waals surface area contributed by atoms with Crippen LogP contribution in [0.15, 0.2) is 28.7 Å². The lowest BCUT2D eigenvalue weighted by molar-refractivity contribution is 0.629. The van der Waals surface area contributed by atoms with Gasteiger partial charge in [0.05, 0.1) is 16.1 Å². The van der Waals surface area contributed by atoms with Gasteiger partial charge in [0, 0.05) is 4.47 Å². The summed E-state index contributed by atoms with van der Waals surface area (Å²) in [6.45, 7) is 0. The van der Waals surface area contributed by atoms with Crippen LogP contribution in [0.2, 0.25) is 10.2 Å². The number of hydrogen-bond acceptors (Lipinski definition) is 2. The first-order valence-electron chi connectivity index (χ1n) is 5.22. The SMILES string of the molecule is Fc1cc(Br)ccc1-c1nc2nc(Cl)c(Cl)cc2[nH]1. The van der Waals surface area contributed by atoms with Crippen LogP contribution in [0.1, 0.15) is 0 Å². The number of nitrogens with one attached hydrogen (secondary N) is 1. The Bertz CT molecular complexity index is 749. The van der Waals surface area contributed by atoms with E-state index in [9.17, 15) is 4.39 Å². The minimum atomic E-state index is -0.384. The van der Waals surface area contributed by atoms with E-state index in [4.69, 9.17) is 23.2 Å². The van der Waals surface area contributed by atoms with Gasteiger partial charge in [0.25, 0.3) is 0 Å². The molecule has 0 saturated heterocycles. The summed E-state index contributed by atoms with van der Waals surface area (Å²) < 4.78 is 14.5. The fourth-order valence-corrected chi connectivity index (χ4v) is 2.32. The third-order valence-corrected chi connectivity index (χ3v) is 3.74. The number of hydrogen-bond donors (Lipinski definition) is 1. The largest absolute Gasteiger partial charge is 0.336 e. The van der Waals surface area contributed by atoms with Crippen molar-refractivity contribution in [1.29, 1.82) is 0 Å². The van der Waals surface area contributed by atoms with Gasteiger partial charge in [-0.2, -0.15) is 0 Å². The molecule has 0 aliphatic rings. The van der Waals surface area contributed by atoms with E-state index >= 15 is 0 Å². The molecule has 0 fully saturated rings. The molecule has 0 amide bonds. The lowest BCUT2D eigenvalue weighted by Crippen LogP contribution is -1.86. The topological polar surface area (TPSA) is 41.6 Å². The maximum Gasteiger partial charge on any atom is 0.179 e. The molecule has 0 bridgehead atoms. The standard InChI is InChI=1S/C12H5BrCl2FN3/c13-5-1-2-6(8(16)3-5)11-17-9-4-7(14)10(15)18-12(9)19-11/h1-4H,(H,17,18,19). The van der Waals surface area contributed by atoms with Crippen molar-refractivity contribution >= 4 is 50.3 Å². The highest BCUT2D eigenvalue weighted by Gasteiger charge is 2.12. The maximum absolute atomic E-state index is 13.9. The number of benzene rings is 1. The van der Waals surface area contributed by atoms with Crippen LogP contribution < -0.4 is 0 Å². The van der Waals surface area contributed by atoms with Crippen LogP contribution in [0.4, 0.5) is 4.39 Å². The Balaban J connectivity index is 2.20. The number of nitrogens with zero attached hydrogens (tertiary/aromatic N) is 2. The Morgan fingerprint density at radius 2 is 1.95 bits per heavy atom. The zero-order chi connectivity index (χ0) is 13.6. The molecule has 3 aromatic rings. The second-order valence-corrected chi connectivity index (χ2v) is 5.52. The number of fused-ring (bicyclic) bond motifs is 1. The molecule has 3 rings (SSSR count). The first kappa shape index (κ1) is 12.8. The van der Waals surface area contributed by atoms with E-state index in [-0.39, 0.29) is 11.0 Å². The molecule has 3 nitrogen and oxygen atoms in total. The molecule has 96 valence electrons. The van der Waals surface area contributed by atoms with Gasteiger partial charge in [0.2, 0.25) is 0 Å². The zero-order valence-corrected chi connectivity index (χ0v) is 12.3. The van der Waals surface area contributed by atoms with Crippen molar-refractivity contribution < 1.29 is 4.39 Å². The Morgan fingerprint density at radius 1 is 1.16 bits per heavy atom. The predicted molar refractivity (Wildman–Crippen MR) is 77.0 cm³/mol. The highest BCUT2D eigenvalue weighted by Crippen LogP contribution is 2.28. The van der Waals surface area contributed by atoms with Crippen molar-refractivity contribution in [2.24, 2.45) is 0 Å². The predicted octanol–water partition coefficient (Wildman–Crippen LogP) is 4.83. The van der Waals surface area contributed by atoms with Crippen molar-refractivity contribution in [3.63, 3.8) is 0 Å². The first-order valence-corrected chi connectivity index (χ1v) is 6.76. The van der Waals surface area contributed by atoms with Crippen LogP contribution in [0.3, 0.4) is 0 Å². The van der Waals surface area contributed by atoms with Gasteiger partial charge in [0.15, 0.2) is 5.65 Å². The molecular weight excluding hydrogens is 356 g/mol. The lowest BCUT2D eigenvalue weighted by Gasteiger charge is -1.99. The molecule has 0 aliphatic heterocycles. The average Bonchev–Trinajstić information content (AvgIpc) is 2.72. The van der Waals surface area contributed by atoms with Gasteiger partial charge in [-0.3, -0.25) is 0 Å². The van der Waals surface area contributed by atoms with Crippen molar-refractivity contribution in [3.05, 3.63) is 44.7 Å². The number of halogens is 4. The first-order chi connectivity index (χ1) is 9.04. The molecule has 1 aromatic carbocycles. The van der Waals surface area contributed by atoms with Crippen LogP contribution in [-0.2, 0) is 0 Å². The summed E-state index contributed by atoms with van der Waals surface area (Å²) in [4.78, 5) is 11.2. The number of H-pyrrole nitrogens is 1. The minimum absolute atomic E-state index is 0.170. The average molecular weight is 361 g/mol. The smallest absolute Gasteiger partial charge is 0.179 e. The lowest BCUT2D eigenvalue weighted by atomic mass is 10.2. The summed E-state index contributed by atoms with van der Waals surface area (Å²) in [5.41, 5.74) is 1.35. The summed E-state index contributed by atoms with van der Waals surface area (Å²) >= 11 is 14.9. The second-order valence-electron chi connectivity index (χ2n) is 3.84. The number of rotatable bonds is 1. The van der Waals surface area contributed by atoms with Crippen LogP contribution in [0.5, 0.6) is 0 Å². The van der Waals surface area contributed by atoms with Crippen LogP contribution in [0.25, 0.3) is 22.6 Å². The number of pyridine rings is 1. The third kappa shape index (κ3) is 2.33. The molecule has 7 heteroatoms. The molecule has 2 aromatic heterocycles. The summed E-state index contributed by atoms with van der Waals surface area (Å²) in [6.07, 6.45) is 0. The normalized spacial score (nSPS) is 11.2. The molecule has 0 radical (unpaired) electrons. The molecule has 0 aliphatic carbocycles. The van der Waals surface area contributed by atoms with Gasteiger partial charge in [-0.25, -0.2) is 14.4 Å². The van der Waals surface area contributed by atoms with E-state index in [2.05, 4.69) is 30.9 Å². The van der Waals surface area contributed by atoms with Gasteiger partial charge in [-0.15, -0.1) is 0 Å². The van der Waals surface area contributed by atoms with Gasteiger partial charge in [-0.1, -0.05) is 39.1 Å². The highest BCUT2D eigenvalue weighted by molar-refractivity contribution is 9.10. The molecule has 1 N–H and O–H groups in total. The number of aromatic amines is 1. The quantitative estimate of drug-likeness (QED) is 0.631. The summed E-state index contributed by atoms with van der Waals surface area (Å²) in [6, 6.07) is 6.34. The van der Waals surface area contributed by atoms with E-state index < -0.39 is 0 Å². The molecule has 0 spiro atoms. The molecule has 0 saturated carbocycles. The molecule has 0 unspecified atom stereocenters. The summed E-state index contributed by atoms with van der Waals surface area (Å²) in [5.74, 6) is -0.00328. The molecule has 2 heterocycles. The summed E-state index contributed by atoms with van der Waals surface area (Å²) in [5, 5.41) is 0.490. The zero-order valence-electron chi connectivity index (χ0n) is 9.22. The summed E-state index contributed by atoms with van der Waals surface area (Å²) in [7, 11) is 0. The Kier molecular flexibility index (Phi) is 3.20. The Labute approximate surface area is 125 Å². The molecule has 19 heavy (non-hydrogen) atoms. The van der Waals surface area contributed by atoms with E-state index in [1.807, 2.05) is 0 Å². The fourth-order valence-electron chi connectivity index (χ4n) is 1.71. The number of imidazole rings is 1. The van der Waals surface area contributed by atoms with Crippen molar-refractivity contribution in [2.45, 2.75) is 0 Å². The van der Waals surface area contributed by atoms with Crippen molar-refractivity contribution in [3.8, 4) is 11.4 Å².